The van der Waals surface area contributed by atoms with E-state index in [0.717, 1.165) is 0 Å². The van der Waals surface area contributed by atoms with E-state index in [-0.39, 0.29) is 30.2 Å². The molecule has 0 aromatic heterocycles. The first-order chi connectivity index (χ1) is 12.3. The SMILES string of the molecule is CC(=O)N(CC(=O)O)C1CCCN(C(=O)C(C)c2cccc(F)c2)CC1. The molecule has 2 unspecified atom stereocenters. The minimum atomic E-state index is -1.04. The molecule has 1 aliphatic heterocycles. The second-order valence-corrected chi connectivity index (χ2v) is 6.73. The number of halogens is 1. The van der Waals surface area contributed by atoms with Gasteiger partial charge in [0.25, 0.3) is 0 Å². The van der Waals surface area contributed by atoms with Gasteiger partial charge in [-0.3, -0.25) is 14.4 Å². The van der Waals surface area contributed by atoms with E-state index in [4.69, 9.17) is 5.11 Å². The standard InChI is InChI=1S/C19H25FN2O4/c1-13(15-5-3-6-16(20)11-15)19(26)21-9-4-7-17(8-10-21)22(14(2)23)12-18(24)25/h3,5-6,11,13,17H,4,7-10,12H2,1-2H3,(H,24,25). The molecule has 1 fully saturated rings. The number of amides is 2. The van der Waals surface area contributed by atoms with Gasteiger partial charge in [-0.1, -0.05) is 12.1 Å². The third-order valence-corrected chi connectivity index (χ3v) is 4.88. The highest BCUT2D eigenvalue weighted by Gasteiger charge is 2.29. The zero-order valence-electron chi connectivity index (χ0n) is 15.2. The Hall–Kier alpha value is -2.44. The molecule has 6 nitrogen and oxygen atoms in total. The Morgan fingerprint density at radius 2 is 2.04 bits per heavy atom. The Morgan fingerprint density at radius 3 is 2.65 bits per heavy atom. The van der Waals surface area contributed by atoms with Crippen LogP contribution in [0, 0.1) is 5.82 Å². The number of nitrogens with zero attached hydrogens (tertiary/aromatic N) is 2. The van der Waals surface area contributed by atoms with E-state index in [9.17, 15) is 18.8 Å². The van der Waals surface area contributed by atoms with E-state index >= 15 is 0 Å². The lowest BCUT2D eigenvalue weighted by Gasteiger charge is -2.29. The van der Waals surface area contributed by atoms with Gasteiger partial charge < -0.3 is 14.9 Å². The molecule has 1 saturated heterocycles. The molecule has 142 valence electrons. The summed E-state index contributed by atoms with van der Waals surface area (Å²) in [6.07, 6.45) is 1.88. The largest absolute Gasteiger partial charge is 0.480 e. The summed E-state index contributed by atoms with van der Waals surface area (Å²) in [7, 11) is 0. The maximum atomic E-state index is 13.4. The van der Waals surface area contributed by atoms with Crippen LogP contribution in [0.2, 0.25) is 0 Å². The number of hydrogen-bond donors (Lipinski definition) is 1. The van der Waals surface area contributed by atoms with Crippen LogP contribution >= 0.6 is 0 Å². The van der Waals surface area contributed by atoms with Crippen LogP contribution in [0.15, 0.2) is 24.3 Å². The van der Waals surface area contributed by atoms with Crippen LogP contribution in [0.1, 0.15) is 44.6 Å². The van der Waals surface area contributed by atoms with Crippen molar-refractivity contribution in [2.75, 3.05) is 19.6 Å². The molecule has 2 atom stereocenters. The van der Waals surface area contributed by atoms with E-state index in [0.29, 0.717) is 37.9 Å². The van der Waals surface area contributed by atoms with Gasteiger partial charge >= 0.3 is 5.97 Å². The summed E-state index contributed by atoms with van der Waals surface area (Å²) in [5, 5.41) is 9.01. The zero-order valence-corrected chi connectivity index (χ0v) is 15.2. The van der Waals surface area contributed by atoms with E-state index in [2.05, 4.69) is 0 Å². The van der Waals surface area contributed by atoms with Crippen molar-refractivity contribution >= 4 is 17.8 Å². The predicted octanol–water partition coefficient (Wildman–Crippen LogP) is 2.24. The molecular weight excluding hydrogens is 339 g/mol. The second-order valence-electron chi connectivity index (χ2n) is 6.73. The first kappa shape index (κ1) is 19.9. The molecule has 0 spiro atoms. The van der Waals surface area contributed by atoms with E-state index in [1.807, 2.05) is 0 Å². The van der Waals surface area contributed by atoms with Gasteiger partial charge in [0.05, 0.1) is 5.92 Å². The molecular formula is C19H25FN2O4. The summed E-state index contributed by atoms with van der Waals surface area (Å²) in [6.45, 7) is 3.79. The van der Waals surface area contributed by atoms with Crippen molar-refractivity contribution in [3.8, 4) is 0 Å². The average Bonchev–Trinajstić information content (AvgIpc) is 2.84. The Morgan fingerprint density at radius 1 is 1.31 bits per heavy atom. The van der Waals surface area contributed by atoms with Crippen LogP contribution in [0.25, 0.3) is 0 Å². The molecule has 0 saturated carbocycles. The highest BCUT2D eigenvalue weighted by atomic mass is 19.1. The van der Waals surface area contributed by atoms with Gasteiger partial charge in [0.2, 0.25) is 11.8 Å². The quantitative estimate of drug-likeness (QED) is 0.869. The number of likely N-dealkylation sites (tertiary alicyclic amines) is 1. The fourth-order valence-electron chi connectivity index (χ4n) is 3.45. The van der Waals surface area contributed by atoms with Gasteiger partial charge in [0.1, 0.15) is 12.4 Å². The minimum Gasteiger partial charge on any atom is -0.480 e. The van der Waals surface area contributed by atoms with Gasteiger partial charge in [0.15, 0.2) is 0 Å². The van der Waals surface area contributed by atoms with Crippen molar-refractivity contribution in [3.05, 3.63) is 35.6 Å². The molecule has 1 aromatic carbocycles. The minimum absolute atomic E-state index is 0.0798. The summed E-state index contributed by atoms with van der Waals surface area (Å²) < 4.78 is 13.4. The zero-order chi connectivity index (χ0) is 19.3. The second kappa shape index (κ2) is 8.78. The number of carbonyl (C=O) groups is 3. The topological polar surface area (TPSA) is 77.9 Å². The third-order valence-electron chi connectivity index (χ3n) is 4.88. The third kappa shape index (κ3) is 5.03. The van der Waals surface area contributed by atoms with Crippen molar-refractivity contribution < 1.29 is 23.9 Å². The summed E-state index contributed by atoms with van der Waals surface area (Å²) in [4.78, 5) is 38.7. The van der Waals surface area contributed by atoms with Crippen LogP contribution < -0.4 is 0 Å². The molecule has 2 amide bonds. The van der Waals surface area contributed by atoms with E-state index in [1.54, 1.807) is 24.0 Å². The highest BCUT2D eigenvalue weighted by Crippen LogP contribution is 2.23. The van der Waals surface area contributed by atoms with Crippen molar-refractivity contribution in [2.24, 2.45) is 0 Å². The first-order valence-electron chi connectivity index (χ1n) is 8.83. The van der Waals surface area contributed by atoms with Crippen LogP contribution in [0.4, 0.5) is 4.39 Å². The molecule has 0 aliphatic carbocycles. The molecule has 0 radical (unpaired) electrons. The summed E-state index contributed by atoms with van der Waals surface area (Å²) in [5.74, 6) is -2.22. The van der Waals surface area contributed by atoms with Crippen LogP contribution in [-0.2, 0) is 14.4 Å². The van der Waals surface area contributed by atoms with Gasteiger partial charge in [-0.25, -0.2) is 4.39 Å². The van der Waals surface area contributed by atoms with E-state index < -0.39 is 11.9 Å². The molecule has 26 heavy (non-hydrogen) atoms. The van der Waals surface area contributed by atoms with Crippen molar-refractivity contribution in [1.82, 2.24) is 9.80 Å². The van der Waals surface area contributed by atoms with Crippen LogP contribution in [-0.4, -0.2) is 58.4 Å². The van der Waals surface area contributed by atoms with Crippen LogP contribution in [0.5, 0.6) is 0 Å². The van der Waals surface area contributed by atoms with Crippen molar-refractivity contribution in [2.45, 2.75) is 45.1 Å². The number of carboxylic acids is 1. The molecule has 1 heterocycles. The van der Waals surface area contributed by atoms with Gasteiger partial charge in [-0.05, 0) is 43.9 Å². The molecule has 2 rings (SSSR count). The first-order valence-corrected chi connectivity index (χ1v) is 8.83. The smallest absolute Gasteiger partial charge is 0.323 e. The summed E-state index contributed by atoms with van der Waals surface area (Å²) in [5.41, 5.74) is 0.632. The van der Waals surface area contributed by atoms with Crippen LogP contribution in [0.3, 0.4) is 0 Å². The summed E-state index contributed by atoms with van der Waals surface area (Å²) in [6, 6.07) is 5.84. The molecule has 7 heteroatoms. The van der Waals surface area contributed by atoms with Gasteiger partial charge in [-0.2, -0.15) is 0 Å². The fraction of sp³-hybridized carbons (Fsp3) is 0.526. The average molecular weight is 364 g/mol. The predicted molar refractivity (Wildman–Crippen MR) is 94.1 cm³/mol. The highest BCUT2D eigenvalue weighted by molar-refractivity contribution is 5.83. The Balaban J connectivity index is 2.04. The number of benzene rings is 1. The molecule has 1 aromatic rings. The number of carbonyl (C=O) groups excluding carboxylic acids is 2. The molecule has 0 bridgehead atoms. The normalized spacial score (nSPS) is 18.7. The summed E-state index contributed by atoms with van der Waals surface area (Å²) >= 11 is 0. The number of hydrogen-bond acceptors (Lipinski definition) is 3. The van der Waals surface area contributed by atoms with E-state index in [1.165, 1.54) is 24.0 Å². The molecule has 1 aliphatic rings. The van der Waals surface area contributed by atoms with Crippen molar-refractivity contribution in [3.63, 3.8) is 0 Å². The lowest BCUT2D eigenvalue weighted by atomic mass is 9.99. The lowest BCUT2D eigenvalue weighted by Crippen LogP contribution is -2.43. The molecule has 1 N–H and O–H groups in total. The number of rotatable bonds is 5. The Bertz CT molecular complexity index is 679. The Labute approximate surface area is 152 Å². The van der Waals surface area contributed by atoms with Gasteiger partial charge in [-0.15, -0.1) is 0 Å². The van der Waals surface area contributed by atoms with Gasteiger partial charge in [0, 0.05) is 26.1 Å². The number of carboxylic acid groups (broad SMARTS) is 1. The lowest BCUT2D eigenvalue weighted by molar-refractivity contribution is -0.145. The fourth-order valence-corrected chi connectivity index (χ4v) is 3.45. The maximum Gasteiger partial charge on any atom is 0.323 e. The van der Waals surface area contributed by atoms with Crippen molar-refractivity contribution in [1.29, 1.82) is 0 Å². The number of aliphatic carboxylic acids is 1. The monoisotopic (exact) mass is 364 g/mol. The Kier molecular flexibility index (Phi) is 6.71. The maximum absolute atomic E-state index is 13.4.